The maximum absolute atomic E-state index is 12.6. The summed E-state index contributed by atoms with van der Waals surface area (Å²) in [5.74, 6) is -0.111. The molecule has 2 aromatic rings. The number of fused-ring (bicyclic) bond motifs is 1. The Bertz CT molecular complexity index is 1030. The zero-order valence-corrected chi connectivity index (χ0v) is 20.4. The van der Waals surface area contributed by atoms with E-state index in [1.165, 1.54) is 18.0 Å². The minimum atomic E-state index is -1.09. The first-order valence-electron chi connectivity index (χ1n) is 11.7. The SMILES string of the molecule is O=C(NC(CCN1CCC(CCc2ccc3c(n2)NCCC3)C1)C(=O)O)c1c(Cl)cncc1Cl. The van der Waals surface area contributed by atoms with Gasteiger partial charge in [0, 0.05) is 37.7 Å². The van der Waals surface area contributed by atoms with Crippen molar-refractivity contribution in [2.45, 2.75) is 44.6 Å². The van der Waals surface area contributed by atoms with Crippen LogP contribution in [-0.2, 0) is 17.6 Å². The van der Waals surface area contributed by atoms with Gasteiger partial charge in [0.2, 0.25) is 0 Å². The topological polar surface area (TPSA) is 107 Å². The average molecular weight is 506 g/mol. The maximum atomic E-state index is 12.6. The number of hydrogen-bond donors (Lipinski definition) is 3. The van der Waals surface area contributed by atoms with Gasteiger partial charge in [0.25, 0.3) is 5.91 Å². The van der Waals surface area contributed by atoms with Crippen LogP contribution < -0.4 is 10.6 Å². The molecule has 2 atom stereocenters. The molecule has 1 fully saturated rings. The summed E-state index contributed by atoms with van der Waals surface area (Å²) < 4.78 is 0. The van der Waals surface area contributed by atoms with Gasteiger partial charge >= 0.3 is 5.97 Å². The molecule has 182 valence electrons. The van der Waals surface area contributed by atoms with Crippen molar-refractivity contribution in [3.63, 3.8) is 0 Å². The number of halogens is 2. The number of aliphatic carboxylic acids is 1. The quantitative estimate of drug-likeness (QED) is 0.477. The Morgan fingerprint density at radius 1 is 1.26 bits per heavy atom. The van der Waals surface area contributed by atoms with Gasteiger partial charge in [0.1, 0.15) is 11.9 Å². The molecule has 2 aliphatic rings. The Morgan fingerprint density at radius 2 is 2.06 bits per heavy atom. The molecule has 1 saturated heterocycles. The number of nitrogens with one attached hydrogen (secondary N) is 2. The summed E-state index contributed by atoms with van der Waals surface area (Å²) in [4.78, 5) is 35.2. The second-order valence-electron chi connectivity index (χ2n) is 8.97. The van der Waals surface area contributed by atoms with E-state index >= 15 is 0 Å². The lowest BCUT2D eigenvalue weighted by Gasteiger charge is -2.20. The number of aromatic nitrogens is 2. The first-order valence-corrected chi connectivity index (χ1v) is 12.4. The molecule has 0 radical (unpaired) electrons. The predicted octanol–water partition coefficient (Wildman–Crippen LogP) is 3.67. The van der Waals surface area contributed by atoms with Gasteiger partial charge in [-0.25, -0.2) is 9.78 Å². The highest BCUT2D eigenvalue weighted by molar-refractivity contribution is 6.39. The van der Waals surface area contributed by atoms with Crippen molar-refractivity contribution in [1.29, 1.82) is 0 Å². The third kappa shape index (κ3) is 6.17. The van der Waals surface area contributed by atoms with Crippen molar-refractivity contribution in [2.24, 2.45) is 5.92 Å². The number of nitrogens with zero attached hydrogens (tertiary/aromatic N) is 3. The first kappa shape index (κ1) is 24.7. The number of anilines is 1. The largest absolute Gasteiger partial charge is 0.480 e. The molecule has 0 bridgehead atoms. The summed E-state index contributed by atoms with van der Waals surface area (Å²) in [5, 5.41) is 15.7. The Hall–Kier alpha value is -2.42. The highest BCUT2D eigenvalue weighted by Crippen LogP contribution is 2.25. The molecule has 0 spiro atoms. The van der Waals surface area contributed by atoms with Gasteiger partial charge in [-0.3, -0.25) is 9.78 Å². The molecule has 4 rings (SSSR count). The van der Waals surface area contributed by atoms with E-state index < -0.39 is 17.9 Å². The molecular weight excluding hydrogens is 477 g/mol. The molecule has 2 unspecified atom stereocenters. The lowest BCUT2D eigenvalue weighted by Crippen LogP contribution is -2.43. The molecule has 8 nitrogen and oxygen atoms in total. The van der Waals surface area contributed by atoms with Crippen LogP contribution in [0.15, 0.2) is 24.5 Å². The number of rotatable bonds is 9. The predicted molar refractivity (Wildman–Crippen MR) is 132 cm³/mol. The van der Waals surface area contributed by atoms with E-state index in [2.05, 4.69) is 32.7 Å². The van der Waals surface area contributed by atoms with Crippen LogP contribution in [-0.4, -0.2) is 64.1 Å². The van der Waals surface area contributed by atoms with Gasteiger partial charge in [-0.1, -0.05) is 29.3 Å². The molecule has 34 heavy (non-hydrogen) atoms. The molecule has 4 heterocycles. The number of pyridine rings is 2. The van der Waals surface area contributed by atoms with Crippen molar-refractivity contribution in [2.75, 3.05) is 31.5 Å². The monoisotopic (exact) mass is 505 g/mol. The van der Waals surface area contributed by atoms with E-state index in [0.29, 0.717) is 18.9 Å². The van der Waals surface area contributed by atoms with Crippen molar-refractivity contribution < 1.29 is 14.7 Å². The highest BCUT2D eigenvalue weighted by Gasteiger charge is 2.27. The van der Waals surface area contributed by atoms with E-state index in [1.54, 1.807) is 0 Å². The van der Waals surface area contributed by atoms with E-state index in [0.717, 1.165) is 63.3 Å². The van der Waals surface area contributed by atoms with Gasteiger partial charge < -0.3 is 20.6 Å². The fourth-order valence-electron chi connectivity index (χ4n) is 4.64. The Balaban J connectivity index is 1.24. The van der Waals surface area contributed by atoms with Crippen LogP contribution in [0, 0.1) is 5.92 Å². The third-order valence-electron chi connectivity index (χ3n) is 6.55. The summed E-state index contributed by atoms with van der Waals surface area (Å²) in [5.41, 5.74) is 2.46. The van der Waals surface area contributed by atoms with Crippen molar-refractivity contribution >= 4 is 40.9 Å². The molecule has 2 aliphatic heterocycles. The Morgan fingerprint density at radius 3 is 2.82 bits per heavy atom. The van der Waals surface area contributed by atoms with Crippen LogP contribution in [0.4, 0.5) is 5.82 Å². The average Bonchev–Trinajstić information content (AvgIpc) is 3.28. The van der Waals surface area contributed by atoms with Gasteiger partial charge in [0.05, 0.1) is 15.6 Å². The zero-order valence-electron chi connectivity index (χ0n) is 18.9. The van der Waals surface area contributed by atoms with E-state index in [1.807, 2.05) is 0 Å². The fourth-order valence-corrected chi connectivity index (χ4v) is 5.18. The fraction of sp³-hybridized carbons (Fsp3) is 0.500. The van der Waals surface area contributed by atoms with E-state index in [4.69, 9.17) is 28.2 Å². The second kappa shape index (κ2) is 11.3. The van der Waals surface area contributed by atoms with Crippen LogP contribution in [0.1, 0.15) is 47.3 Å². The van der Waals surface area contributed by atoms with Crippen LogP contribution in [0.3, 0.4) is 0 Å². The standard InChI is InChI=1S/C24H29Cl2N5O3/c25-18-12-27-13-19(26)21(18)23(32)30-20(24(33)34)8-11-31-10-7-15(14-31)3-5-17-6-4-16-2-1-9-28-22(16)29-17/h4,6,12-13,15,20H,1-3,5,7-11,14H2,(H,28,29)(H,30,32)(H,33,34). The number of carboxylic acids is 1. The second-order valence-corrected chi connectivity index (χ2v) is 9.78. The van der Waals surface area contributed by atoms with Crippen molar-refractivity contribution in [3.8, 4) is 0 Å². The molecule has 3 N–H and O–H groups in total. The minimum Gasteiger partial charge on any atom is -0.480 e. The van der Waals surface area contributed by atoms with Crippen LogP contribution in [0.5, 0.6) is 0 Å². The molecule has 0 aliphatic carbocycles. The van der Waals surface area contributed by atoms with Crippen LogP contribution in [0.25, 0.3) is 0 Å². The molecule has 1 amide bonds. The van der Waals surface area contributed by atoms with Crippen molar-refractivity contribution in [3.05, 3.63) is 51.4 Å². The number of carbonyl (C=O) groups is 2. The Kier molecular flexibility index (Phi) is 8.24. The third-order valence-corrected chi connectivity index (χ3v) is 7.12. The number of carboxylic acid groups (broad SMARTS) is 1. The van der Waals surface area contributed by atoms with Crippen LogP contribution in [0.2, 0.25) is 10.0 Å². The zero-order chi connectivity index (χ0) is 24.1. The first-order chi connectivity index (χ1) is 16.4. The normalized spacial score (nSPS) is 18.7. The van der Waals surface area contributed by atoms with Gasteiger partial charge in [0.15, 0.2) is 0 Å². The van der Waals surface area contributed by atoms with Crippen molar-refractivity contribution in [1.82, 2.24) is 20.2 Å². The molecular formula is C24H29Cl2N5O3. The lowest BCUT2D eigenvalue weighted by atomic mass is 10.00. The minimum absolute atomic E-state index is 0.0387. The molecule has 2 aromatic heterocycles. The Labute approximate surface area is 209 Å². The lowest BCUT2D eigenvalue weighted by molar-refractivity contribution is -0.139. The highest BCUT2D eigenvalue weighted by atomic mass is 35.5. The van der Waals surface area contributed by atoms with Gasteiger partial charge in [-0.05, 0) is 62.6 Å². The van der Waals surface area contributed by atoms with E-state index in [-0.39, 0.29) is 15.6 Å². The summed E-state index contributed by atoms with van der Waals surface area (Å²) in [7, 11) is 0. The molecule has 0 saturated carbocycles. The van der Waals surface area contributed by atoms with E-state index in [9.17, 15) is 14.7 Å². The molecule has 0 aromatic carbocycles. The summed E-state index contributed by atoms with van der Waals surface area (Å²) in [6.45, 7) is 3.42. The number of hydrogen-bond acceptors (Lipinski definition) is 6. The maximum Gasteiger partial charge on any atom is 0.326 e. The van der Waals surface area contributed by atoms with Crippen LogP contribution >= 0.6 is 23.2 Å². The number of carbonyl (C=O) groups excluding carboxylic acids is 1. The summed E-state index contributed by atoms with van der Waals surface area (Å²) in [6, 6.07) is 3.30. The summed E-state index contributed by atoms with van der Waals surface area (Å²) >= 11 is 12.0. The molecule has 10 heteroatoms. The number of likely N-dealkylation sites (tertiary alicyclic amines) is 1. The number of aryl methyl sites for hydroxylation is 2. The van der Waals surface area contributed by atoms with Gasteiger partial charge in [-0.2, -0.15) is 0 Å². The number of amides is 1. The van der Waals surface area contributed by atoms with Gasteiger partial charge in [-0.15, -0.1) is 0 Å². The smallest absolute Gasteiger partial charge is 0.326 e. The summed E-state index contributed by atoms with van der Waals surface area (Å²) in [6.07, 6.45) is 8.23.